The fourth-order valence-corrected chi connectivity index (χ4v) is 3.04. The molecule has 0 spiro atoms. The van der Waals surface area contributed by atoms with Gasteiger partial charge >= 0.3 is 0 Å². The van der Waals surface area contributed by atoms with Gasteiger partial charge < -0.3 is 10.6 Å². The minimum atomic E-state index is -0.257. The molecular weight excluding hydrogens is 384 g/mol. The molecule has 0 atom stereocenters. The van der Waals surface area contributed by atoms with Gasteiger partial charge in [-0.2, -0.15) is 0 Å². The van der Waals surface area contributed by atoms with Crippen LogP contribution in [0.15, 0.2) is 29.6 Å². The molecule has 0 radical (unpaired) electrons. The average Bonchev–Trinajstić information content (AvgIpc) is 2.97. The molecule has 2 aromatic rings. The Balaban J connectivity index is 0.00000288. The number of hydrogen-bond acceptors (Lipinski definition) is 4. The Morgan fingerprint density at radius 3 is 2.44 bits per heavy atom. The van der Waals surface area contributed by atoms with Crippen LogP contribution >= 0.6 is 36.2 Å². The highest BCUT2D eigenvalue weighted by atomic mass is 35.5. The molecule has 2 rings (SSSR count). The van der Waals surface area contributed by atoms with Crippen LogP contribution in [-0.4, -0.2) is 35.9 Å². The molecule has 0 saturated heterocycles. The van der Waals surface area contributed by atoms with Crippen molar-refractivity contribution in [1.29, 1.82) is 0 Å². The molecule has 0 aliphatic carbocycles. The number of amides is 1. The Kier molecular flexibility index (Phi) is 9.58. The van der Waals surface area contributed by atoms with Gasteiger partial charge in [-0.1, -0.05) is 26.0 Å². The second-order valence-corrected chi connectivity index (χ2v) is 7.40. The van der Waals surface area contributed by atoms with E-state index < -0.39 is 0 Å². The highest BCUT2D eigenvalue weighted by molar-refractivity contribution is 7.09. The van der Waals surface area contributed by atoms with Gasteiger partial charge in [0.2, 0.25) is 0 Å². The Bertz CT molecular complexity index is 677. The molecule has 25 heavy (non-hydrogen) atoms. The van der Waals surface area contributed by atoms with Crippen molar-refractivity contribution in [3.8, 4) is 0 Å². The third kappa shape index (κ3) is 6.90. The molecule has 0 aliphatic heterocycles. The van der Waals surface area contributed by atoms with Gasteiger partial charge in [0.1, 0.15) is 11.5 Å². The predicted molar refractivity (Wildman–Crippen MR) is 106 cm³/mol. The van der Waals surface area contributed by atoms with Gasteiger partial charge in [-0.25, -0.2) is 9.37 Å². The molecule has 1 amide bonds. The maximum absolute atomic E-state index is 12.9. The molecule has 1 aromatic heterocycles. The smallest absolute Gasteiger partial charge is 0.273 e. The first-order valence-electron chi connectivity index (χ1n) is 7.45. The van der Waals surface area contributed by atoms with Crippen molar-refractivity contribution in [1.82, 2.24) is 9.88 Å². The summed E-state index contributed by atoms with van der Waals surface area (Å²) in [5.74, 6) is -0.360. The van der Waals surface area contributed by atoms with E-state index in [9.17, 15) is 9.18 Å². The zero-order valence-corrected chi connectivity index (χ0v) is 16.9. The van der Waals surface area contributed by atoms with Gasteiger partial charge in [0.25, 0.3) is 5.91 Å². The summed E-state index contributed by atoms with van der Waals surface area (Å²) in [5.41, 5.74) is 7.00. The van der Waals surface area contributed by atoms with E-state index in [1.165, 1.54) is 23.5 Å². The van der Waals surface area contributed by atoms with Gasteiger partial charge in [0.15, 0.2) is 0 Å². The Morgan fingerprint density at radius 2 is 1.88 bits per heavy atom. The van der Waals surface area contributed by atoms with Crippen LogP contribution in [0.25, 0.3) is 0 Å². The van der Waals surface area contributed by atoms with Crippen molar-refractivity contribution in [3.63, 3.8) is 0 Å². The minimum absolute atomic E-state index is 0. The first kappa shape index (κ1) is 23.8. The van der Waals surface area contributed by atoms with E-state index in [1.807, 2.05) is 13.8 Å². The minimum Gasteiger partial charge on any atom is -0.340 e. The van der Waals surface area contributed by atoms with Gasteiger partial charge in [0.05, 0.1) is 5.01 Å². The second kappa shape index (κ2) is 10.1. The van der Waals surface area contributed by atoms with E-state index in [2.05, 4.69) is 4.98 Å². The largest absolute Gasteiger partial charge is 0.340 e. The molecule has 0 aliphatic rings. The third-order valence-electron chi connectivity index (χ3n) is 3.60. The van der Waals surface area contributed by atoms with Crippen molar-refractivity contribution in [3.05, 3.63) is 51.7 Å². The Labute approximate surface area is 164 Å². The molecule has 0 bridgehead atoms. The topological polar surface area (TPSA) is 59.2 Å². The van der Waals surface area contributed by atoms with E-state index >= 15 is 0 Å². The summed E-state index contributed by atoms with van der Waals surface area (Å²) >= 11 is 1.44. The number of halogens is 3. The molecule has 8 heteroatoms. The van der Waals surface area contributed by atoms with Gasteiger partial charge in [-0.05, 0) is 29.7 Å². The highest BCUT2D eigenvalue weighted by Gasteiger charge is 2.23. The zero-order chi connectivity index (χ0) is 17.0. The summed E-state index contributed by atoms with van der Waals surface area (Å²) in [6, 6.07) is 6.32. The van der Waals surface area contributed by atoms with E-state index in [-0.39, 0.29) is 42.0 Å². The number of rotatable bonds is 6. The third-order valence-corrected chi connectivity index (χ3v) is 4.45. The predicted octanol–water partition coefficient (Wildman–Crippen LogP) is 3.77. The van der Waals surface area contributed by atoms with Crippen LogP contribution in [0.1, 0.15) is 34.9 Å². The summed E-state index contributed by atoms with van der Waals surface area (Å²) in [6.45, 7) is 5.14. The van der Waals surface area contributed by atoms with Crippen molar-refractivity contribution in [2.75, 3.05) is 20.1 Å². The summed E-state index contributed by atoms with van der Waals surface area (Å²) in [5, 5.41) is 2.61. The summed E-state index contributed by atoms with van der Waals surface area (Å²) < 4.78 is 12.9. The Morgan fingerprint density at radius 1 is 1.28 bits per heavy atom. The number of nitrogens with zero attached hydrogens (tertiary/aromatic N) is 2. The van der Waals surface area contributed by atoms with Crippen LogP contribution in [0.3, 0.4) is 0 Å². The summed E-state index contributed by atoms with van der Waals surface area (Å²) in [4.78, 5) is 18.5. The standard InChI is InChI=1S/C17H22FN3OS.2ClH/c1-17(2,10-19)11-21(3)16(22)14-9-23-15(20-14)8-12-4-6-13(18)7-5-12;;/h4-7,9H,8,10-11,19H2,1-3H3;2*1H. The van der Waals surface area contributed by atoms with E-state index in [4.69, 9.17) is 5.73 Å². The maximum Gasteiger partial charge on any atom is 0.273 e. The monoisotopic (exact) mass is 407 g/mol. The molecule has 140 valence electrons. The van der Waals surface area contributed by atoms with Gasteiger partial charge in [-0.3, -0.25) is 4.79 Å². The lowest BCUT2D eigenvalue weighted by Crippen LogP contribution is -2.39. The van der Waals surface area contributed by atoms with E-state index in [0.717, 1.165) is 10.6 Å². The van der Waals surface area contributed by atoms with E-state index in [0.29, 0.717) is 25.2 Å². The number of nitrogens with two attached hydrogens (primary N) is 1. The summed E-state index contributed by atoms with van der Waals surface area (Å²) in [7, 11) is 1.76. The van der Waals surface area contributed by atoms with Crippen LogP contribution in [0.4, 0.5) is 4.39 Å². The SMILES string of the molecule is CN(CC(C)(C)CN)C(=O)c1csc(Cc2ccc(F)cc2)n1.Cl.Cl. The number of aromatic nitrogens is 1. The lowest BCUT2D eigenvalue weighted by Gasteiger charge is -2.28. The normalized spacial score (nSPS) is 10.6. The van der Waals surface area contributed by atoms with Crippen LogP contribution in [0.5, 0.6) is 0 Å². The Hall–Kier alpha value is -1.21. The zero-order valence-electron chi connectivity index (χ0n) is 14.5. The molecular formula is C17H24Cl2FN3OS. The van der Waals surface area contributed by atoms with Crippen LogP contribution in [0, 0.1) is 11.2 Å². The first-order valence-corrected chi connectivity index (χ1v) is 8.33. The van der Waals surface area contributed by atoms with E-state index in [1.54, 1.807) is 29.5 Å². The van der Waals surface area contributed by atoms with Crippen LogP contribution < -0.4 is 5.73 Å². The highest BCUT2D eigenvalue weighted by Crippen LogP contribution is 2.19. The molecule has 1 heterocycles. The molecule has 0 unspecified atom stereocenters. The molecule has 2 N–H and O–H groups in total. The van der Waals surface area contributed by atoms with Crippen molar-refractivity contribution >= 4 is 42.1 Å². The van der Waals surface area contributed by atoms with Gasteiger partial charge in [0, 0.05) is 25.4 Å². The number of carbonyl (C=O) groups is 1. The first-order chi connectivity index (χ1) is 10.8. The summed E-state index contributed by atoms with van der Waals surface area (Å²) in [6.07, 6.45) is 0.593. The molecule has 4 nitrogen and oxygen atoms in total. The lowest BCUT2D eigenvalue weighted by atomic mass is 9.93. The maximum atomic E-state index is 12.9. The lowest BCUT2D eigenvalue weighted by molar-refractivity contribution is 0.0735. The second-order valence-electron chi connectivity index (χ2n) is 6.46. The number of carbonyl (C=O) groups excluding carboxylic acids is 1. The van der Waals surface area contributed by atoms with Crippen molar-refractivity contribution < 1.29 is 9.18 Å². The average molecular weight is 408 g/mol. The van der Waals surface area contributed by atoms with Gasteiger partial charge in [-0.15, -0.1) is 36.2 Å². The molecule has 0 saturated carbocycles. The quantitative estimate of drug-likeness (QED) is 0.792. The fourth-order valence-electron chi connectivity index (χ4n) is 2.24. The number of thiazole rings is 1. The fraction of sp³-hybridized carbons (Fsp3) is 0.412. The van der Waals surface area contributed by atoms with Crippen molar-refractivity contribution in [2.24, 2.45) is 11.1 Å². The van der Waals surface area contributed by atoms with Crippen LogP contribution in [0.2, 0.25) is 0 Å². The van der Waals surface area contributed by atoms with Crippen molar-refractivity contribution in [2.45, 2.75) is 20.3 Å². The molecule has 1 aromatic carbocycles. The number of hydrogen-bond donors (Lipinski definition) is 1. The van der Waals surface area contributed by atoms with Crippen LogP contribution in [-0.2, 0) is 6.42 Å². The molecule has 0 fully saturated rings. The number of benzene rings is 1.